The molecular formula is C23H24N2O7. The summed E-state index contributed by atoms with van der Waals surface area (Å²) < 4.78 is 16.0. The van der Waals surface area contributed by atoms with Crippen LogP contribution in [0.5, 0.6) is 11.5 Å². The standard InChI is InChI=1S/C23H24N2O7/c1-4-30-15-10-11-19(31-5-2)18(12-15)24-20(26)13-32-23(29)14(3)25-21(27)16-8-6-7-9-17(16)22(25)28/h6-12,14H,4-5,13H2,1-3H3,(H,24,26). The van der Waals surface area contributed by atoms with E-state index < -0.39 is 36.3 Å². The van der Waals surface area contributed by atoms with Gasteiger partial charge in [-0.25, -0.2) is 4.79 Å². The maximum atomic E-state index is 12.5. The number of nitrogens with zero attached hydrogens (tertiary/aromatic N) is 1. The highest BCUT2D eigenvalue weighted by atomic mass is 16.5. The third-order valence-corrected chi connectivity index (χ3v) is 4.74. The predicted octanol–water partition coefficient (Wildman–Crippen LogP) is 2.65. The maximum absolute atomic E-state index is 12.5. The molecule has 0 spiro atoms. The van der Waals surface area contributed by atoms with Gasteiger partial charge in [-0.15, -0.1) is 0 Å². The van der Waals surface area contributed by atoms with Crippen molar-refractivity contribution in [2.45, 2.75) is 26.8 Å². The first-order valence-corrected chi connectivity index (χ1v) is 10.2. The molecule has 0 radical (unpaired) electrons. The summed E-state index contributed by atoms with van der Waals surface area (Å²) in [4.78, 5) is 50.7. The summed E-state index contributed by atoms with van der Waals surface area (Å²) in [6, 6.07) is 10.1. The molecule has 9 nitrogen and oxygen atoms in total. The Balaban J connectivity index is 1.62. The minimum absolute atomic E-state index is 0.229. The summed E-state index contributed by atoms with van der Waals surface area (Å²) in [5.74, 6) is -1.65. The number of fused-ring (bicyclic) bond motifs is 1. The van der Waals surface area contributed by atoms with Crippen molar-refractivity contribution in [2.75, 3.05) is 25.1 Å². The first kappa shape index (κ1) is 22.8. The van der Waals surface area contributed by atoms with Crippen LogP contribution in [0.2, 0.25) is 0 Å². The lowest BCUT2D eigenvalue weighted by Crippen LogP contribution is -2.44. The fourth-order valence-corrected chi connectivity index (χ4v) is 3.25. The van der Waals surface area contributed by atoms with Crippen LogP contribution in [-0.4, -0.2) is 54.5 Å². The second kappa shape index (κ2) is 9.95. The van der Waals surface area contributed by atoms with Crippen molar-refractivity contribution < 1.29 is 33.4 Å². The molecule has 0 aromatic heterocycles. The Kier molecular flexibility index (Phi) is 7.09. The van der Waals surface area contributed by atoms with Crippen LogP contribution in [0.4, 0.5) is 5.69 Å². The molecule has 1 N–H and O–H groups in total. The van der Waals surface area contributed by atoms with Crippen LogP contribution in [0.1, 0.15) is 41.5 Å². The Morgan fingerprint density at radius 2 is 1.59 bits per heavy atom. The summed E-state index contributed by atoms with van der Waals surface area (Å²) in [6.07, 6.45) is 0. The minimum Gasteiger partial charge on any atom is -0.494 e. The smallest absolute Gasteiger partial charge is 0.329 e. The molecule has 2 aromatic rings. The van der Waals surface area contributed by atoms with Crippen molar-refractivity contribution in [3.63, 3.8) is 0 Å². The van der Waals surface area contributed by atoms with Gasteiger partial charge in [0.25, 0.3) is 17.7 Å². The molecule has 0 bridgehead atoms. The van der Waals surface area contributed by atoms with Crippen LogP contribution in [0, 0.1) is 0 Å². The second-order valence-corrected chi connectivity index (χ2v) is 6.88. The van der Waals surface area contributed by atoms with E-state index in [1.54, 1.807) is 30.3 Å². The number of anilines is 1. The van der Waals surface area contributed by atoms with E-state index in [0.29, 0.717) is 30.4 Å². The molecule has 0 aliphatic carbocycles. The molecule has 32 heavy (non-hydrogen) atoms. The van der Waals surface area contributed by atoms with Gasteiger partial charge in [0.05, 0.1) is 30.0 Å². The topological polar surface area (TPSA) is 111 Å². The van der Waals surface area contributed by atoms with Crippen molar-refractivity contribution >= 4 is 29.4 Å². The Bertz CT molecular complexity index is 1020. The number of esters is 1. The zero-order valence-electron chi connectivity index (χ0n) is 18.0. The highest BCUT2D eigenvalue weighted by Crippen LogP contribution is 2.29. The molecule has 1 heterocycles. The number of carbonyl (C=O) groups is 4. The van der Waals surface area contributed by atoms with Gasteiger partial charge in [-0.1, -0.05) is 12.1 Å². The summed E-state index contributed by atoms with van der Waals surface area (Å²) in [5, 5.41) is 2.62. The number of benzene rings is 2. The molecule has 0 saturated carbocycles. The van der Waals surface area contributed by atoms with Crippen LogP contribution in [0.15, 0.2) is 42.5 Å². The van der Waals surface area contributed by atoms with Gasteiger partial charge in [0, 0.05) is 6.07 Å². The number of carbonyl (C=O) groups excluding carboxylic acids is 4. The van der Waals surface area contributed by atoms with Crippen molar-refractivity contribution in [1.29, 1.82) is 0 Å². The van der Waals surface area contributed by atoms with Gasteiger partial charge in [-0.3, -0.25) is 19.3 Å². The van der Waals surface area contributed by atoms with E-state index >= 15 is 0 Å². The molecule has 0 saturated heterocycles. The number of nitrogens with one attached hydrogen (secondary N) is 1. The van der Waals surface area contributed by atoms with E-state index in [1.165, 1.54) is 19.1 Å². The number of amides is 3. The van der Waals surface area contributed by atoms with E-state index in [9.17, 15) is 19.2 Å². The highest BCUT2D eigenvalue weighted by Gasteiger charge is 2.41. The van der Waals surface area contributed by atoms with Gasteiger partial charge in [-0.05, 0) is 45.0 Å². The average Bonchev–Trinajstić information content (AvgIpc) is 3.04. The molecule has 168 valence electrons. The van der Waals surface area contributed by atoms with E-state index in [4.69, 9.17) is 14.2 Å². The molecule has 1 unspecified atom stereocenters. The second-order valence-electron chi connectivity index (χ2n) is 6.88. The summed E-state index contributed by atoms with van der Waals surface area (Å²) in [7, 11) is 0. The number of hydrogen-bond donors (Lipinski definition) is 1. The fraction of sp³-hybridized carbons (Fsp3) is 0.304. The lowest BCUT2D eigenvalue weighted by molar-refractivity contribution is -0.150. The lowest BCUT2D eigenvalue weighted by atomic mass is 10.1. The normalized spacial score (nSPS) is 13.4. The molecule has 1 aliphatic heterocycles. The fourth-order valence-electron chi connectivity index (χ4n) is 3.25. The Morgan fingerprint density at radius 1 is 0.969 bits per heavy atom. The lowest BCUT2D eigenvalue weighted by Gasteiger charge is -2.20. The Hall–Kier alpha value is -3.88. The monoisotopic (exact) mass is 440 g/mol. The predicted molar refractivity (Wildman–Crippen MR) is 115 cm³/mol. The van der Waals surface area contributed by atoms with Crippen LogP contribution < -0.4 is 14.8 Å². The number of ether oxygens (including phenoxy) is 3. The van der Waals surface area contributed by atoms with Crippen molar-refractivity contribution in [2.24, 2.45) is 0 Å². The van der Waals surface area contributed by atoms with Gasteiger partial charge in [0.2, 0.25) is 0 Å². The molecule has 1 atom stereocenters. The molecule has 9 heteroatoms. The van der Waals surface area contributed by atoms with E-state index in [-0.39, 0.29) is 11.1 Å². The summed E-state index contributed by atoms with van der Waals surface area (Å²) in [6.45, 7) is 5.27. The van der Waals surface area contributed by atoms with Crippen LogP contribution in [0.25, 0.3) is 0 Å². The van der Waals surface area contributed by atoms with Crippen LogP contribution in [0.3, 0.4) is 0 Å². The van der Waals surface area contributed by atoms with Crippen molar-refractivity contribution in [3.8, 4) is 11.5 Å². The summed E-state index contributed by atoms with van der Waals surface area (Å²) in [5.41, 5.74) is 0.826. The van der Waals surface area contributed by atoms with Crippen molar-refractivity contribution in [1.82, 2.24) is 4.90 Å². The Labute approximate surface area is 185 Å². The van der Waals surface area contributed by atoms with E-state index in [1.807, 2.05) is 13.8 Å². The van der Waals surface area contributed by atoms with Crippen molar-refractivity contribution in [3.05, 3.63) is 53.6 Å². The zero-order valence-corrected chi connectivity index (χ0v) is 18.0. The first-order valence-electron chi connectivity index (χ1n) is 10.2. The molecular weight excluding hydrogens is 416 g/mol. The number of hydrogen-bond acceptors (Lipinski definition) is 7. The van der Waals surface area contributed by atoms with E-state index in [0.717, 1.165) is 4.90 Å². The number of imide groups is 1. The molecule has 2 aromatic carbocycles. The van der Waals surface area contributed by atoms with Crippen LogP contribution >= 0.6 is 0 Å². The first-order chi connectivity index (χ1) is 15.4. The molecule has 1 aliphatic rings. The maximum Gasteiger partial charge on any atom is 0.329 e. The average molecular weight is 440 g/mol. The zero-order chi connectivity index (χ0) is 23.3. The van der Waals surface area contributed by atoms with E-state index in [2.05, 4.69) is 5.32 Å². The van der Waals surface area contributed by atoms with Gasteiger partial charge >= 0.3 is 5.97 Å². The third-order valence-electron chi connectivity index (χ3n) is 4.74. The third kappa shape index (κ3) is 4.72. The number of rotatable bonds is 9. The van der Waals surface area contributed by atoms with Gasteiger partial charge in [0.1, 0.15) is 17.5 Å². The molecule has 3 amide bonds. The Morgan fingerprint density at radius 3 is 2.19 bits per heavy atom. The summed E-state index contributed by atoms with van der Waals surface area (Å²) >= 11 is 0. The largest absolute Gasteiger partial charge is 0.494 e. The SMILES string of the molecule is CCOc1ccc(OCC)c(NC(=O)COC(=O)C(C)N2C(=O)c3ccccc3C2=O)c1. The quantitative estimate of drug-likeness (QED) is 0.471. The minimum atomic E-state index is -1.18. The molecule has 3 rings (SSSR count). The highest BCUT2D eigenvalue weighted by molar-refractivity contribution is 6.22. The van der Waals surface area contributed by atoms with Crippen LogP contribution in [-0.2, 0) is 14.3 Å². The van der Waals surface area contributed by atoms with Gasteiger partial charge in [0.15, 0.2) is 6.61 Å². The molecule has 0 fully saturated rings. The van der Waals surface area contributed by atoms with Gasteiger partial charge in [-0.2, -0.15) is 0 Å². The van der Waals surface area contributed by atoms with Gasteiger partial charge < -0.3 is 19.5 Å².